The smallest absolute Gasteiger partial charge is 0.317 e. The minimum absolute atomic E-state index is 0.0488. The number of piperidine rings is 1. The van der Waals surface area contributed by atoms with E-state index in [1.54, 1.807) is 6.26 Å². The molecule has 0 aromatic carbocycles. The molecule has 2 heterocycles. The van der Waals surface area contributed by atoms with E-state index in [0.717, 1.165) is 37.6 Å². The van der Waals surface area contributed by atoms with Crippen LogP contribution in [0.4, 0.5) is 4.79 Å². The minimum Gasteiger partial charge on any atom is -0.468 e. The van der Waals surface area contributed by atoms with Crippen molar-refractivity contribution in [1.29, 1.82) is 0 Å². The van der Waals surface area contributed by atoms with Crippen molar-refractivity contribution in [1.82, 2.24) is 15.1 Å². The van der Waals surface area contributed by atoms with Gasteiger partial charge in [-0.3, -0.25) is 4.90 Å². The number of urea groups is 1. The van der Waals surface area contributed by atoms with Crippen molar-refractivity contribution < 1.29 is 9.21 Å². The maximum Gasteiger partial charge on any atom is 0.317 e. The molecule has 1 aliphatic heterocycles. The highest BCUT2D eigenvalue weighted by molar-refractivity contribution is 5.74. The van der Waals surface area contributed by atoms with E-state index in [1.807, 2.05) is 24.1 Å². The van der Waals surface area contributed by atoms with E-state index in [-0.39, 0.29) is 12.1 Å². The summed E-state index contributed by atoms with van der Waals surface area (Å²) in [4.78, 5) is 17.0. The van der Waals surface area contributed by atoms with Crippen molar-refractivity contribution in [3.8, 4) is 0 Å². The van der Waals surface area contributed by atoms with Gasteiger partial charge >= 0.3 is 6.03 Å². The molecule has 140 valence electrons. The molecule has 3 unspecified atom stereocenters. The SMILES string of the molecule is CC1CCCC(N(C)C(=O)NCC(c2ccco2)N2CCCCC2)C1. The van der Waals surface area contributed by atoms with Gasteiger partial charge in [0.2, 0.25) is 0 Å². The second-order valence-corrected chi connectivity index (χ2v) is 7.85. The standard InChI is InChI=1S/C20H33N3O2/c1-16-8-6-9-17(14-16)22(2)20(24)21-15-18(19-10-7-13-25-19)23-11-4-3-5-12-23/h7,10,13,16-18H,3-6,8-9,11-12,14-15H2,1-2H3,(H,21,24). The van der Waals surface area contributed by atoms with Crippen molar-refractivity contribution in [3.05, 3.63) is 24.2 Å². The molecular weight excluding hydrogens is 314 g/mol. The lowest BCUT2D eigenvalue weighted by atomic mass is 9.86. The molecule has 3 rings (SSSR count). The molecular formula is C20H33N3O2. The van der Waals surface area contributed by atoms with Crippen LogP contribution >= 0.6 is 0 Å². The number of nitrogens with zero attached hydrogens (tertiary/aromatic N) is 2. The summed E-state index contributed by atoms with van der Waals surface area (Å²) in [6.45, 7) is 5.06. The van der Waals surface area contributed by atoms with E-state index in [1.165, 1.54) is 32.1 Å². The average molecular weight is 348 g/mol. The number of furan rings is 1. The summed E-state index contributed by atoms with van der Waals surface area (Å²) in [7, 11) is 1.95. The van der Waals surface area contributed by atoms with Gasteiger partial charge in [0.25, 0.3) is 0 Å². The molecule has 2 amide bonds. The van der Waals surface area contributed by atoms with Gasteiger partial charge in [0.15, 0.2) is 0 Å². The highest BCUT2D eigenvalue weighted by Gasteiger charge is 2.28. The molecule has 1 aromatic heterocycles. The Labute approximate surface area is 151 Å². The zero-order chi connectivity index (χ0) is 17.6. The minimum atomic E-state index is 0.0488. The largest absolute Gasteiger partial charge is 0.468 e. The quantitative estimate of drug-likeness (QED) is 0.875. The first-order valence-corrected chi connectivity index (χ1v) is 9.93. The summed E-state index contributed by atoms with van der Waals surface area (Å²) < 4.78 is 5.67. The Balaban J connectivity index is 1.57. The van der Waals surface area contributed by atoms with Gasteiger partial charge in [-0.25, -0.2) is 4.79 Å². The van der Waals surface area contributed by atoms with Crippen molar-refractivity contribution >= 4 is 6.03 Å². The number of likely N-dealkylation sites (tertiary alicyclic amines) is 1. The zero-order valence-corrected chi connectivity index (χ0v) is 15.7. The first kappa shape index (κ1) is 18.3. The maximum absolute atomic E-state index is 12.7. The van der Waals surface area contributed by atoms with Crippen LogP contribution < -0.4 is 5.32 Å². The Morgan fingerprint density at radius 3 is 2.80 bits per heavy atom. The van der Waals surface area contributed by atoms with Gasteiger partial charge in [0.1, 0.15) is 5.76 Å². The molecule has 5 heteroatoms. The molecule has 2 aliphatic rings. The summed E-state index contributed by atoms with van der Waals surface area (Å²) >= 11 is 0. The Morgan fingerprint density at radius 1 is 1.32 bits per heavy atom. The van der Waals surface area contributed by atoms with Crippen LogP contribution in [-0.4, -0.2) is 48.6 Å². The second kappa shape index (κ2) is 8.75. The molecule has 1 N–H and O–H groups in total. The molecule has 1 aromatic rings. The molecule has 5 nitrogen and oxygen atoms in total. The van der Waals surface area contributed by atoms with Gasteiger partial charge in [0.05, 0.1) is 12.3 Å². The molecule has 3 atom stereocenters. The van der Waals surface area contributed by atoms with Crippen molar-refractivity contribution in [2.75, 3.05) is 26.7 Å². The number of hydrogen-bond donors (Lipinski definition) is 1. The third kappa shape index (κ3) is 4.78. The number of carbonyl (C=O) groups excluding carboxylic acids is 1. The summed E-state index contributed by atoms with van der Waals surface area (Å²) in [5, 5.41) is 3.17. The molecule has 1 aliphatic carbocycles. The Kier molecular flexibility index (Phi) is 6.40. The maximum atomic E-state index is 12.7. The van der Waals surface area contributed by atoms with E-state index in [0.29, 0.717) is 12.6 Å². The number of carbonyl (C=O) groups is 1. The lowest BCUT2D eigenvalue weighted by Gasteiger charge is -2.36. The van der Waals surface area contributed by atoms with E-state index >= 15 is 0 Å². The third-order valence-corrected chi connectivity index (χ3v) is 5.93. The number of rotatable bonds is 5. The lowest BCUT2D eigenvalue weighted by Crippen LogP contribution is -2.48. The molecule has 2 fully saturated rings. The van der Waals surface area contributed by atoms with Gasteiger partial charge in [-0.15, -0.1) is 0 Å². The fourth-order valence-electron chi connectivity index (χ4n) is 4.35. The van der Waals surface area contributed by atoms with E-state index < -0.39 is 0 Å². The third-order valence-electron chi connectivity index (χ3n) is 5.93. The van der Waals surface area contributed by atoms with Crippen LogP contribution in [0.3, 0.4) is 0 Å². The predicted octanol–water partition coefficient (Wildman–Crippen LogP) is 4.03. The highest BCUT2D eigenvalue weighted by atomic mass is 16.3. The summed E-state index contributed by atoms with van der Waals surface area (Å²) in [5.74, 6) is 1.68. The summed E-state index contributed by atoms with van der Waals surface area (Å²) in [6.07, 6.45) is 10.3. The molecule has 0 bridgehead atoms. The molecule has 0 spiro atoms. The fourth-order valence-corrected chi connectivity index (χ4v) is 4.35. The monoisotopic (exact) mass is 347 g/mol. The fraction of sp³-hybridized carbons (Fsp3) is 0.750. The van der Waals surface area contributed by atoms with Gasteiger partial charge < -0.3 is 14.6 Å². The second-order valence-electron chi connectivity index (χ2n) is 7.85. The van der Waals surface area contributed by atoms with Gasteiger partial charge in [-0.05, 0) is 56.8 Å². The zero-order valence-electron chi connectivity index (χ0n) is 15.7. The van der Waals surface area contributed by atoms with Gasteiger partial charge in [-0.2, -0.15) is 0 Å². The first-order chi connectivity index (χ1) is 12.1. The summed E-state index contributed by atoms with van der Waals surface area (Å²) in [6, 6.07) is 4.52. The molecule has 1 saturated carbocycles. The summed E-state index contributed by atoms with van der Waals surface area (Å²) in [5.41, 5.74) is 0. The Morgan fingerprint density at radius 2 is 2.12 bits per heavy atom. The topological polar surface area (TPSA) is 48.7 Å². The molecule has 0 radical (unpaired) electrons. The van der Waals surface area contributed by atoms with Crippen LogP contribution in [-0.2, 0) is 0 Å². The van der Waals surface area contributed by atoms with E-state index in [2.05, 4.69) is 17.1 Å². The van der Waals surface area contributed by atoms with Crippen molar-refractivity contribution in [3.63, 3.8) is 0 Å². The van der Waals surface area contributed by atoms with Crippen LogP contribution in [0.15, 0.2) is 22.8 Å². The van der Waals surface area contributed by atoms with Gasteiger partial charge in [0, 0.05) is 19.6 Å². The lowest BCUT2D eigenvalue weighted by molar-refractivity contribution is 0.133. The molecule has 25 heavy (non-hydrogen) atoms. The van der Waals surface area contributed by atoms with Crippen molar-refractivity contribution in [2.45, 2.75) is 64.0 Å². The molecule has 1 saturated heterocycles. The van der Waals surface area contributed by atoms with Crippen LogP contribution in [0.5, 0.6) is 0 Å². The Bertz CT molecular complexity index is 525. The number of hydrogen-bond acceptors (Lipinski definition) is 3. The van der Waals surface area contributed by atoms with Crippen molar-refractivity contribution in [2.24, 2.45) is 5.92 Å². The van der Waals surface area contributed by atoms with Crippen LogP contribution in [0.1, 0.15) is 63.7 Å². The van der Waals surface area contributed by atoms with Gasteiger partial charge in [-0.1, -0.05) is 26.2 Å². The number of nitrogens with one attached hydrogen (secondary N) is 1. The number of amides is 2. The van der Waals surface area contributed by atoms with Crippen LogP contribution in [0.2, 0.25) is 0 Å². The predicted molar refractivity (Wildman–Crippen MR) is 99.5 cm³/mol. The van der Waals surface area contributed by atoms with Crippen LogP contribution in [0, 0.1) is 5.92 Å². The highest BCUT2D eigenvalue weighted by Crippen LogP contribution is 2.27. The average Bonchev–Trinajstić information content (AvgIpc) is 3.16. The first-order valence-electron chi connectivity index (χ1n) is 9.93. The van der Waals surface area contributed by atoms with E-state index in [4.69, 9.17) is 4.42 Å². The van der Waals surface area contributed by atoms with Crippen LogP contribution in [0.25, 0.3) is 0 Å². The van der Waals surface area contributed by atoms with E-state index in [9.17, 15) is 4.79 Å². The Hall–Kier alpha value is -1.49. The normalized spacial score (nSPS) is 26.2.